The summed E-state index contributed by atoms with van der Waals surface area (Å²) in [6.07, 6.45) is 4.62. The normalized spacial score (nSPS) is 11.5. The summed E-state index contributed by atoms with van der Waals surface area (Å²) < 4.78 is 72.8. The minimum absolute atomic E-state index is 0.0819. The van der Waals surface area contributed by atoms with E-state index in [-0.39, 0.29) is 10.00 Å². The molecule has 0 N–H and O–H groups in total. The van der Waals surface area contributed by atoms with Crippen LogP contribution in [0.25, 0.3) is 22.4 Å². The molecule has 4 aromatic rings. The minimum atomic E-state index is -4.72. The third kappa shape index (κ3) is 4.42. The fourth-order valence-electron chi connectivity index (χ4n) is 3.63. The van der Waals surface area contributed by atoms with Gasteiger partial charge in [0.25, 0.3) is 10.0 Å². The Kier molecular flexibility index (Phi) is 6.44. The molecule has 2 heterocycles. The number of carbonyl (C=O) groups excluding carboxylic acids is 1. The van der Waals surface area contributed by atoms with E-state index in [4.69, 9.17) is 0 Å². The molecule has 11 heteroatoms. The Morgan fingerprint density at radius 3 is 2.40 bits per heavy atom. The lowest BCUT2D eigenvalue weighted by Gasteiger charge is -2.22. The second-order valence-electron chi connectivity index (χ2n) is 7.48. The molecule has 0 saturated carbocycles. The summed E-state index contributed by atoms with van der Waals surface area (Å²) >= 11 is 0. The van der Waals surface area contributed by atoms with E-state index in [1.807, 2.05) is 0 Å². The molecule has 0 atom stereocenters. The Balaban J connectivity index is 1.95. The summed E-state index contributed by atoms with van der Waals surface area (Å²) in [7, 11) is -4.72. The van der Waals surface area contributed by atoms with Gasteiger partial charge in [-0.05, 0) is 55.0 Å². The maximum atomic E-state index is 15.9. The van der Waals surface area contributed by atoms with Gasteiger partial charge in [0.2, 0.25) is 5.91 Å². The molecule has 0 aliphatic heterocycles. The molecule has 0 aliphatic rings. The van der Waals surface area contributed by atoms with Crippen LogP contribution in [-0.4, -0.2) is 29.1 Å². The highest BCUT2D eigenvalue weighted by atomic mass is 32.2. The molecule has 180 valence electrons. The van der Waals surface area contributed by atoms with Crippen molar-refractivity contribution in [3.63, 3.8) is 0 Å². The van der Waals surface area contributed by atoms with Crippen molar-refractivity contribution in [2.45, 2.75) is 25.3 Å². The summed E-state index contributed by atoms with van der Waals surface area (Å²) in [5.41, 5.74) is -0.449. The first-order chi connectivity index (χ1) is 16.6. The molecule has 0 radical (unpaired) electrons. The van der Waals surface area contributed by atoms with E-state index in [0.29, 0.717) is 23.7 Å². The first-order valence-electron chi connectivity index (χ1n) is 10.4. The Bertz CT molecular complexity index is 1520. The van der Waals surface area contributed by atoms with Crippen molar-refractivity contribution in [3.05, 3.63) is 84.6 Å². The lowest BCUT2D eigenvalue weighted by atomic mass is 10.0. The molecule has 7 nitrogen and oxygen atoms in total. The Morgan fingerprint density at radius 1 is 1.06 bits per heavy atom. The molecule has 1 amide bonds. The maximum Gasteiger partial charge on any atom is 0.271 e. The number of aryl methyl sites for hydroxylation is 1. The summed E-state index contributed by atoms with van der Waals surface area (Å²) in [6.45, 7) is 3.10. The number of aromatic nitrogens is 3. The van der Waals surface area contributed by atoms with Gasteiger partial charge in [-0.25, -0.2) is 25.9 Å². The first-order valence-corrected chi connectivity index (χ1v) is 11.9. The zero-order chi connectivity index (χ0) is 25.3. The van der Waals surface area contributed by atoms with Crippen LogP contribution in [0.4, 0.5) is 18.9 Å². The molecule has 2 aromatic carbocycles. The van der Waals surface area contributed by atoms with Crippen LogP contribution in [-0.2, 0) is 21.4 Å². The van der Waals surface area contributed by atoms with E-state index in [1.165, 1.54) is 17.1 Å². The zero-order valence-electron chi connectivity index (χ0n) is 18.6. The van der Waals surface area contributed by atoms with E-state index in [1.54, 1.807) is 25.3 Å². The summed E-state index contributed by atoms with van der Waals surface area (Å²) in [5, 5.41) is 4.29. The van der Waals surface area contributed by atoms with E-state index >= 15 is 8.78 Å². The predicted molar refractivity (Wildman–Crippen MR) is 123 cm³/mol. The SMILES string of the molecule is CCn1cc(-c2ccncc2)c(-c2c(F)ccc(N(C(C)=O)S(=O)(=O)c3cccc(F)c3)c2F)n1. The van der Waals surface area contributed by atoms with E-state index in [0.717, 1.165) is 37.3 Å². The molecular formula is C24H19F3N4O3S. The summed E-state index contributed by atoms with van der Waals surface area (Å²) in [5.74, 6) is -4.24. The molecule has 0 spiro atoms. The molecule has 0 saturated heterocycles. The molecule has 4 rings (SSSR count). The van der Waals surface area contributed by atoms with E-state index in [9.17, 15) is 17.6 Å². The van der Waals surface area contributed by atoms with Gasteiger partial charge in [-0.1, -0.05) is 6.07 Å². The molecule has 2 aromatic heterocycles. The highest BCUT2D eigenvalue weighted by Crippen LogP contribution is 2.38. The monoisotopic (exact) mass is 500 g/mol. The number of amides is 1. The fourth-order valence-corrected chi connectivity index (χ4v) is 5.09. The van der Waals surface area contributed by atoms with Crippen LogP contribution in [0.1, 0.15) is 13.8 Å². The molecule has 35 heavy (non-hydrogen) atoms. The van der Waals surface area contributed by atoms with Gasteiger partial charge in [-0.3, -0.25) is 14.5 Å². The standard InChI is InChI=1S/C24H19F3N4O3S/c1-3-30-14-19(16-9-11-28-12-10-16)24(29-30)22-20(26)7-8-21(23(22)27)31(15(2)32)35(33,34)18-6-4-5-17(25)13-18/h4-14H,3H2,1-2H3. The van der Waals surface area contributed by atoms with Gasteiger partial charge in [0.1, 0.15) is 17.3 Å². The van der Waals surface area contributed by atoms with Crippen molar-refractivity contribution in [3.8, 4) is 22.4 Å². The zero-order valence-corrected chi connectivity index (χ0v) is 19.4. The van der Waals surface area contributed by atoms with Gasteiger partial charge in [0, 0.05) is 37.6 Å². The number of nitrogens with zero attached hydrogens (tertiary/aromatic N) is 4. The van der Waals surface area contributed by atoms with Crippen LogP contribution in [0, 0.1) is 17.5 Å². The van der Waals surface area contributed by atoms with Gasteiger partial charge in [0.15, 0.2) is 5.82 Å². The summed E-state index contributed by atoms with van der Waals surface area (Å²) in [6, 6.07) is 8.91. The Hall–Kier alpha value is -3.99. The number of sulfonamides is 1. The highest BCUT2D eigenvalue weighted by molar-refractivity contribution is 7.93. The lowest BCUT2D eigenvalue weighted by molar-refractivity contribution is -0.115. The van der Waals surface area contributed by atoms with Crippen molar-refractivity contribution in [2.75, 3.05) is 4.31 Å². The quantitative estimate of drug-likeness (QED) is 0.380. The smallest absolute Gasteiger partial charge is 0.271 e. The number of benzene rings is 2. The van der Waals surface area contributed by atoms with Gasteiger partial charge < -0.3 is 0 Å². The third-order valence-corrected chi connectivity index (χ3v) is 7.01. The molecular weight excluding hydrogens is 481 g/mol. The van der Waals surface area contributed by atoms with Crippen LogP contribution in [0.3, 0.4) is 0 Å². The number of halogens is 3. The van der Waals surface area contributed by atoms with Crippen molar-refractivity contribution >= 4 is 21.6 Å². The number of hydrogen-bond donors (Lipinski definition) is 0. The number of hydrogen-bond acceptors (Lipinski definition) is 5. The second-order valence-corrected chi connectivity index (χ2v) is 9.27. The predicted octanol–water partition coefficient (Wildman–Crippen LogP) is 4.79. The van der Waals surface area contributed by atoms with Crippen molar-refractivity contribution in [1.82, 2.24) is 14.8 Å². The van der Waals surface area contributed by atoms with Crippen LogP contribution < -0.4 is 4.31 Å². The summed E-state index contributed by atoms with van der Waals surface area (Å²) in [4.78, 5) is 15.8. The maximum absolute atomic E-state index is 15.9. The van der Waals surface area contributed by atoms with Crippen molar-refractivity contribution < 1.29 is 26.4 Å². The minimum Gasteiger partial charge on any atom is -0.274 e. The average Bonchev–Trinajstić information content (AvgIpc) is 3.25. The van der Waals surface area contributed by atoms with Gasteiger partial charge in [-0.15, -0.1) is 0 Å². The lowest BCUT2D eigenvalue weighted by Crippen LogP contribution is -2.36. The molecule has 0 unspecified atom stereocenters. The Labute approximate surface area is 199 Å². The number of anilines is 1. The molecule has 0 fully saturated rings. The molecule has 0 aliphatic carbocycles. The van der Waals surface area contributed by atoms with Crippen LogP contribution in [0.5, 0.6) is 0 Å². The van der Waals surface area contributed by atoms with Gasteiger partial charge in [-0.2, -0.15) is 5.10 Å². The van der Waals surface area contributed by atoms with Gasteiger partial charge in [0.05, 0.1) is 16.1 Å². The fraction of sp³-hybridized carbons (Fsp3) is 0.125. The second kappa shape index (κ2) is 9.34. The first kappa shape index (κ1) is 24.1. The van der Waals surface area contributed by atoms with E-state index < -0.39 is 49.5 Å². The highest BCUT2D eigenvalue weighted by Gasteiger charge is 2.33. The largest absolute Gasteiger partial charge is 0.274 e. The Morgan fingerprint density at radius 2 is 1.77 bits per heavy atom. The number of rotatable bonds is 6. The van der Waals surface area contributed by atoms with Crippen molar-refractivity contribution in [1.29, 1.82) is 0 Å². The van der Waals surface area contributed by atoms with Crippen LogP contribution in [0.15, 0.2) is 72.0 Å². The molecule has 0 bridgehead atoms. The van der Waals surface area contributed by atoms with Gasteiger partial charge >= 0.3 is 0 Å². The van der Waals surface area contributed by atoms with Crippen LogP contribution >= 0.6 is 0 Å². The number of carbonyl (C=O) groups is 1. The average molecular weight is 501 g/mol. The topological polar surface area (TPSA) is 85.2 Å². The van der Waals surface area contributed by atoms with Crippen molar-refractivity contribution in [2.24, 2.45) is 0 Å². The van der Waals surface area contributed by atoms with E-state index in [2.05, 4.69) is 10.1 Å². The van der Waals surface area contributed by atoms with Crippen LogP contribution in [0.2, 0.25) is 0 Å². The number of pyridine rings is 1. The third-order valence-electron chi connectivity index (χ3n) is 5.22.